The Labute approximate surface area is 120 Å². The maximum absolute atomic E-state index is 12.2. The Bertz CT molecular complexity index is 591. The van der Waals surface area contributed by atoms with Gasteiger partial charge >= 0.3 is 0 Å². The molecule has 1 unspecified atom stereocenters. The third-order valence-electron chi connectivity index (χ3n) is 2.94. The number of carbonyl (C=O) groups excluding carboxylic acids is 1. The van der Waals surface area contributed by atoms with Crippen molar-refractivity contribution in [2.75, 3.05) is 13.6 Å². The first-order chi connectivity index (χ1) is 8.88. The number of nitrogens with one attached hydrogen (secondary N) is 1. The molecular formula is C11H14BrN3O3S. The Morgan fingerprint density at radius 3 is 2.84 bits per heavy atom. The number of halogens is 1. The minimum Gasteiger partial charge on any atom is -0.344 e. The highest BCUT2D eigenvalue weighted by molar-refractivity contribution is 9.10. The van der Waals surface area contributed by atoms with Crippen molar-refractivity contribution in [3.8, 4) is 0 Å². The average molecular weight is 348 g/mol. The summed E-state index contributed by atoms with van der Waals surface area (Å²) in [6.07, 6.45) is 3.70. The summed E-state index contributed by atoms with van der Waals surface area (Å²) in [5, 5.41) is 0. The second-order valence-electron chi connectivity index (χ2n) is 4.47. The SMILES string of the molecule is CN1CC(NS(=O)(=O)c2cncc(Br)c2)CCC1=O. The number of nitrogens with zero attached hydrogens (tertiary/aromatic N) is 2. The molecule has 104 valence electrons. The number of likely N-dealkylation sites (tertiary alicyclic amines) is 1. The second-order valence-corrected chi connectivity index (χ2v) is 7.10. The minimum atomic E-state index is -3.60. The molecule has 0 saturated carbocycles. The number of aromatic nitrogens is 1. The van der Waals surface area contributed by atoms with Crippen molar-refractivity contribution in [3.63, 3.8) is 0 Å². The van der Waals surface area contributed by atoms with Crippen molar-refractivity contribution in [1.82, 2.24) is 14.6 Å². The molecule has 0 aliphatic carbocycles. The van der Waals surface area contributed by atoms with Crippen LogP contribution in [0.15, 0.2) is 27.8 Å². The predicted molar refractivity (Wildman–Crippen MR) is 72.9 cm³/mol. The van der Waals surface area contributed by atoms with Gasteiger partial charge in [0.05, 0.1) is 0 Å². The molecule has 2 rings (SSSR count). The molecule has 1 N–H and O–H groups in total. The summed E-state index contributed by atoms with van der Waals surface area (Å²) >= 11 is 3.19. The van der Waals surface area contributed by atoms with Gasteiger partial charge in [-0.25, -0.2) is 13.1 Å². The number of pyridine rings is 1. The summed E-state index contributed by atoms with van der Waals surface area (Å²) in [4.78, 5) is 16.8. The highest BCUT2D eigenvalue weighted by atomic mass is 79.9. The van der Waals surface area contributed by atoms with Gasteiger partial charge in [-0.15, -0.1) is 0 Å². The van der Waals surface area contributed by atoms with E-state index in [0.717, 1.165) is 0 Å². The average Bonchev–Trinajstić information content (AvgIpc) is 2.33. The number of likely N-dealkylation sites (N-methyl/N-ethyl adjacent to an activating group) is 1. The molecule has 1 aliphatic heterocycles. The molecule has 1 aliphatic rings. The third-order valence-corrected chi connectivity index (χ3v) is 4.86. The van der Waals surface area contributed by atoms with Crippen LogP contribution in [0.25, 0.3) is 0 Å². The Kier molecular flexibility index (Phi) is 4.22. The quantitative estimate of drug-likeness (QED) is 0.874. The van der Waals surface area contributed by atoms with E-state index in [1.807, 2.05) is 0 Å². The van der Waals surface area contributed by atoms with Crippen LogP contribution in [0.1, 0.15) is 12.8 Å². The highest BCUT2D eigenvalue weighted by Crippen LogP contribution is 2.17. The molecule has 0 radical (unpaired) electrons. The Morgan fingerprint density at radius 1 is 1.47 bits per heavy atom. The summed E-state index contributed by atoms with van der Waals surface area (Å²) in [7, 11) is -1.93. The fourth-order valence-electron chi connectivity index (χ4n) is 1.94. The highest BCUT2D eigenvalue weighted by Gasteiger charge is 2.27. The first-order valence-electron chi connectivity index (χ1n) is 5.75. The summed E-state index contributed by atoms with van der Waals surface area (Å²) < 4.78 is 27.5. The smallest absolute Gasteiger partial charge is 0.242 e. The van der Waals surface area contributed by atoms with Crippen molar-refractivity contribution in [2.45, 2.75) is 23.8 Å². The van der Waals surface area contributed by atoms with Gasteiger partial charge in [-0.1, -0.05) is 0 Å². The van der Waals surface area contributed by atoms with Crippen LogP contribution in [-0.4, -0.2) is 43.8 Å². The molecular weight excluding hydrogens is 334 g/mol. The predicted octanol–water partition coefficient (Wildman–Crippen LogP) is 0.743. The van der Waals surface area contributed by atoms with Crippen LogP contribution >= 0.6 is 15.9 Å². The molecule has 1 atom stereocenters. The van der Waals surface area contributed by atoms with Gasteiger partial charge in [-0.2, -0.15) is 0 Å². The van der Waals surface area contributed by atoms with Crippen molar-refractivity contribution in [3.05, 3.63) is 22.9 Å². The number of hydrogen-bond acceptors (Lipinski definition) is 4. The van der Waals surface area contributed by atoms with Crippen LogP contribution in [0, 0.1) is 0 Å². The minimum absolute atomic E-state index is 0.0413. The molecule has 1 aromatic rings. The zero-order chi connectivity index (χ0) is 14.0. The zero-order valence-corrected chi connectivity index (χ0v) is 12.7. The molecule has 1 aromatic heterocycles. The van der Waals surface area contributed by atoms with Gasteiger partial charge in [-0.05, 0) is 28.4 Å². The van der Waals surface area contributed by atoms with Crippen LogP contribution < -0.4 is 4.72 Å². The third kappa shape index (κ3) is 3.52. The lowest BCUT2D eigenvalue weighted by Crippen LogP contribution is -2.48. The normalized spacial score (nSPS) is 20.6. The molecule has 1 amide bonds. The van der Waals surface area contributed by atoms with Gasteiger partial charge in [-0.3, -0.25) is 9.78 Å². The van der Waals surface area contributed by atoms with Crippen molar-refractivity contribution in [1.29, 1.82) is 0 Å². The first-order valence-corrected chi connectivity index (χ1v) is 8.03. The van der Waals surface area contributed by atoms with E-state index in [1.165, 1.54) is 23.4 Å². The summed E-state index contributed by atoms with van der Waals surface area (Å²) in [5.41, 5.74) is 0. The lowest BCUT2D eigenvalue weighted by Gasteiger charge is -2.29. The molecule has 6 nitrogen and oxygen atoms in total. The summed E-state index contributed by atoms with van der Waals surface area (Å²) in [6.45, 7) is 0.388. The van der Waals surface area contributed by atoms with E-state index in [2.05, 4.69) is 25.6 Å². The maximum Gasteiger partial charge on any atom is 0.242 e. The number of carbonyl (C=O) groups is 1. The number of sulfonamides is 1. The molecule has 1 fully saturated rings. The molecule has 8 heteroatoms. The topological polar surface area (TPSA) is 79.4 Å². The number of piperidine rings is 1. The van der Waals surface area contributed by atoms with Crippen molar-refractivity contribution >= 4 is 31.9 Å². The van der Waals surface area contributed by atoms with E-state index < -0.39 is 10.0 Å². The van der Waals surface area contributed by atoms with E-state index in [4.69, 9.17) is 0 Å². The molecule has 1 saturated heterocycles. The fourth-order valence-corrected chi connectivity index (χ4v) is 3.70. The number of hydrogen-bond donors (Lipinski definition) is 1. The lowest BCUT2D eigenvalue weighted by molar-refractivity contribution is -0.132. The maximum atomic E-state index is 12.2. The fraction of sp³-hybridized carbons (Fsp3) is 0.455. The van der Waals surface area contributed by atoms with E-state index in [9.17, 15) is 13.2 Å². The summed E-state index contributed by atoms with van der Waals surface area (Å²) in [6, 6.07) is 1.24. The van der Waals surface area contributed by atoms with Crippen molar-refractivity contribution < 1.29 is 13.2 Å². The van der Waals surface area contributed by atoms with Crippen molar-refractivity contribution in [2.24, 2.45) is 0 Å². The van der Waals surface area contributed by atoms with Gasteiger partial charge < -0.3 is 4.90 Å². The number of rotatable bonds is 3. The first kappa shape index (κ1) is 14.4. The molecule has 2 heterocycles. The van der Waals surface area contributed by atoms with E-state index >= 15 is 0 Å². The monoisotopic (exact) mass is 347 g/mol. The molecule has 0 aromatic carbocycles. The Balaban J connectivity index is 2.12. The van der Waals surface area contributed by atoms with Crippen LogP contribution in [0.4, 0.5) is 0 Å². The lowest BCUT2D eigenvalue weighted by atomic mass is 10.1. The Hall–Kier alpha value is -0.990. The van der Waals surface area contributed by atoms with Gasteiger partial charge in [0.15, 0.2) is 0 Å². The van der Waals surface area contributed by atoms with E-state index in [1.54, 1.807) is 7.05 Å². The van der Waals surface area contributed by atoms with Crippen LogP contribution in [0.2, 0.25) is 0 Å². The van der Waals surface area contributed by atoms with Gasteiger partial charge in [0.1, 0.15) is 4.90 Å². The van der Waals surface area contributed by atoms with Crippen LogP contribution in [0.3, 0.4) is 0 Å². The van der Waals surface area contributed by atoms with E-state index in [0.29, 0.717) is 23.9 Å². The second kappa shape index (κ2) is 5.56. The van der Waals surface area contributed by atoms with Gasteiger partial charge in [0.25, 0.3) is 0 Å². The molecule has 19 heavy (non-hydrogen) atoms. The molecule has 0 bridgehead atoms. The van der Waals surface area contributed by atoms with Crippen LogP contribution in [0.5, 0.6) is 0 Å². The Morgan fingerprint density at radius 2 is 2.21 bits per heavy atom. The number of amides is 1. The van der Waals surface area contributed by atoms with Crippen LogP contribution in [-0.2, 0) is 14.8 Å². The van der Waals surface area contributed by atoms with E-state index in [-0.39, 0.29) is 16.8 Å². The standard InChI is InChI=1S/C11H14BrN3O3S/c1-15-7-9(2-3-11(15)16)14-19(17,18)10-4-8(12)5-13-6-10/h4-6,9,14H,2-3,7H2,1H3. The van der Waals surface area contributed by atoms with Gasteiger partial charge in [0.2, 0.25) is 15.9 Å². The molecule has 0 spiro atoms. The van der Waals surface area contributed by atoms with Gasteiger partial charge in [0, 0.05) is 42.9 Å². The summed E-state index contributed by atoms with van der Waals surface area (Å²) in [5.74, 6) is 0.0413. The zero-order valence-electron chi connectivity index (χ0n) is 10.3. The largest absolute Gasteiger partial charge is 0.344 e.